The third-order valence-electron chi connectivity index (χ3n) is 8.42. The van der Waals surface area contributed by atoms with E-state index in [0.29, 0.717) is 11.4 Å². The van der Waals surface area contributed by atoms with E-state index < -0.39 is 28.5 Å². The fourth-order valence-electron chi connectivity index (χ4n) is 5.81. The maximum absolute atomic E-state index is 14.6. The largest absolute Gasteiger partial charge is 0.497 e. The number of hydrogen-bond acceptors (Lipinski definition) is 5. The lowest BCUT2D eigenvalue weighted by molar-refractivity contribution is -0.140. The summed E-state index contributed by atoms with van der Waals surface area (Å²) in [5.41, 5.74) is 3.12. The SMILES string of the molecule is COc1ccc(N(CC(=O)N(Cc2ccc(C)cc2)[C@H](Cc2ccccc2)C(=O)NC2CCCC2)S(=O)(=O)c2ccccc2)cc1. The molecule has 0 aromatic heterocycles. The highest BCUT2D eigenvalue weighted by atomic mass is 32.2. The first-order chi connectivity index (χ1) is 22.2. The maximum Gasteiger partial charge on any atom is 0.264 e. The lowest BCUT2D eigenvalue weighted by Crippen LogP contribution is -2.54. The second-order valence-corrected chi connectivity index (χ2v) is 13.6. The highest BCUT2D eigenvalue weighted by Gasteiger charge is 2.35. The van der Waals surface area contributed by atoms with Crippen LogP contribution in [0.1, 0.15) is 42.4 Å². The van der Waals surface area contributed by atoms with E-state index in [9.17, 15) is 18.0 Å². The molecule has 0 bridgehead atoms. The number of sulfonamides is 1. The molecule has 240 valence electrons. The molecule has 0 spiro atoms. The number of aryl methyl sites for hydroxylation is 1. The smallest absolute Gasteiger partial charge is 0.264 e. The molecule has 1 aliphatic rings. The van der Waals surface area contributed by atoms with Gasteiger partial charge in [0.05, 0.1) is 17.7 Å². The second kappa shape index (κ2) is 15.1. The van der Waals surface area contributed by atoms with Crippen molar-refractivity contribution in [1.29, 1.82) is 0 Å². The molecule has 8 nitrogen and oxygen atoms in total. The standard InChI is InChI=1S/C37H41N3O5S/c1-28-17-19-30(20-18-28)26-39(35(25-29-11-5-3-6-12-29)37(42)38-31-13-9-10-14-31)36(41)27-40(32-21-23-33(45-2)24-22-32)46(43,44)34-15-7-4-8-16-34/h3-8,11-12,15-24,31,35H,9-10,13-14,25-27H2,1-2H3,(H,38,42)/t35-/m1/s1. The number of anilines is 1. The van der Waals surface area contributed by atoms with E-state index in [1.807, 2.05) is 61.5 Å². The molecule has 2 amide bonds. The van der Waals surface area contributed by atoms with Gasteiger partial charge < -0.3 is 15.0 Å². The predicted octanol–water partition coefficient (Wildman–Crippen LogP) is 5.90. The summed E-state index contributed by atoms with van der Waals surface area (Å²) in [6.07, 6.45) is 4.18. The maximum atomic E-state index is 14.6. The third-order valence-corrected chi connectivity index (χ3v) is 10.2. The molecule has 5 rings (SSSR count). The molecule has 1 N–H and O–H groups in total. The van der Waals surface area contributed by atoms with E-state index in [-0.39, 0.29) is 29.8 Å². The summed E-state index contributed by atoms with van der Waals surface area (Å²) < 4.78 is 34.6. The molecule has 1 saturated carbocycles. The first-order valence-corrected chi connectivity index (χ1v) is 17.1. The van der Waals surface area contributed by atoms with Gasteiger partial charge in [-0.3, -0.25) is 13.9 Å². The van der Waals surface area contributed by atoms with E-state index in [4.69, 9.17) is 4.74 Å². The Hall–Kier alpha value is -4.63. The zero-order chi connectivity index (χ0) is 32.5. The highest BCUT2D eigenvalue weighted by Crippen LogP contribution is 2.27. The molecule has 46 heavy (non-hydrogen) atoms. The molecule has 0 unspecified atom stereocenters. The summed E-state index contributed by atoms with van der Waals surface area (Å²) in [5, 5.41) is 3.20. The van der Waals surface area contributed by atoms with Gasteiger partial charge in [0.1, 0.15) is 18.3 Å². The van der Waals surface area contributed by atoms with Gasteiger partial charge in [0, 0.05) is 19.0 Å². The minimum atomic E-state index is -4.16. The van der Waals surface area contributed by atoms with Crippen molar-refractivity contribution < 1.29 is 22.7 Å². The van der Waals surface area contributed by atoms with Gasteiger partial charge in [-0.25, -0.2) is 8.42 Å². The van der Waals surface area contributed by atoms with Gasteiger partial charge in [-0.2, -0.15) is 0 Å². The van der Waals surface area contributed by atoms with Gasteiger partial charge in [-0.15, -0.1) is 0 Å². The van der Waals surface area contributed by atoms with Crippen molar-refractivity contribution >= 4 is 27.5 Å². The Bertz CT molecular complexity index is 1690. The number of hydrogen-bond donors (Lipinski definition) is 1. The van der Waals surface area contributed by atoms with Crippen molar-refractivity contribution in [3.8, 4) is 5.75 Å². The zero-order valence-corrected chi connectivity index (χ0v) is 27.2. The summed E-state index contributed by atoms with van der Waals surface area (Å²) in [5.74, 6) is -0.170. The van der Waals surface area contributed by atoms with Gasteiger partial charge in [0.15, 0.2) is 0 Å². The Labute approximate surface area is 272 Å². The minimum absolute atomic E-state index is 0.0522. The van der Waals surface area contributed by atoms with Crippen molar-refractivity contribution in [2.75, 3.05) is 18.0 Å². The van der Waals surface area contributed by atoms with E-state index in [0.717, 1.165) is 46.7 Å². The number of nitrogens with zero attached hydrogens (tertiary/aromatic N) is 2. The first-order valence-electron chi connectivity index (χ1n) is 15.7. The lowest BCUT2D eigenvalue weighted by atomic mass is 10.0. The van der Waals surface area contributed by atoms with Crippen LogP contribution in [0.4, 0.5) is 5.69 Å². The van der Waals surface area contributed by atoms with Crippen molar-refractivity contribution in [3.05, 3.63) is 126 Å². The second-order valence-electron chi connectivity index (χ2n) is 11.7. The third kappa shape index (κ3) is 8.14. The number of amides is 2. The monoisotopic (exact) mass is 639 g/mol. The normalized spacial score (nSPS) is 14.0. The molecule has 4 aromatic rings. The number of methoxy groups -OCH3 is 1. The predicted molar refractivity (Wildman–Crippen MR) is 180 cm³/mol. The van der Waals surface area contributed by atoms with Gasteiger partial charge in [-0.05, 0) is 67.3 Å². The van der Waals surface area contributed by atoms with Crippen LogP contribution in [-0.4, -0.2) is 50.9 Å². The number of ether oxygens (including phenoxy) is 1. The van der Waals surface area contributed by atoms with Crippen LogP contribution in [0.5, 0.6) is 5.75 Å². The van der Waals surface area contributed by atoms with Gasteiger partial charge in [0.25, 0.3) is 10.0 Å². The number of carbonyl (C=O) groups excluding carboxylic acids is 2. The Kier molecular flexibility index (Phi) is 10.8. The molecule has 0 saturated heterocycles. The Morgan fingerprint density at radius 1 is 0.826 bits per heavy atom. The summed E-state index contributed by atoms with van der Waals surface area (Å²) in [7, 11) is -2.63. The first kappa shape index (κ1) is 32.8. The van der Waals surface area contributed by atoms with Crippen molar-refractivity contribution in [2.45, 2.75) is 62.6 Å². The molecule has 4 aromatic carbocycles. The van der Waals surface area contributed by atoms with Crippen molar-refractivity contribution in [3.63, 3.8) is 0 Å². The topological polar surface area (TPSA) is 96.0 Å². The summed E-state index contributed by atoms with van der Waals surface area (Å²) in [6.45, 7) is 1.62. The highest BCUT2D eigenvalue weighted by molar-refractivity contribution is 7.92. The number of carbonyl (C=O) groups is 2. The molecule has 1 atom stereocenters. The number of rotatable bonds is 13. The Balaban J connectivity index is 1.55. The Morgan fingerprint density at radius 3 is 2.04 bits per heavy atom. The summed E-state index contributed by atoms with van der Waals surface area (Å²) in [4.78, 5) is 30.3. The van der Waals surface area contributed by atoms with Crippen LogP contribution < -0.4 is 14.4 Å². The molecular formula is C37H41N3O5S. The van der Waals surface area contributed by atoms with Crippen LogP contribution in [-0.2, 0) is 32.6 Å². The average Bonchev–Trinajstić information content (AvgIpc) is 3.60. The van der Waals surface area contributed by atoms with Crippen LogP contribution in [0, 0.1) is 6.92 Å². The van der Waals surface area contributed by atoms with Gasteiger partial charge in [-0.1, -0.05) is 91.2 Å². The summed E-state index contributed by atoms with van der Waals surface area (Å²) >= 11 is 0. The molecule has 0 radical (unpaired) electrons. The summed E-state index contributed by atoms with van der Waals surface area (Å²) in [6, 6.07) is 31.2. The van der Waals surface area contributed by atoms with Crippen molar-refractivity contribution in [2.24, 2.45) is 0 Å². The fourth-order valence-corrected chi connectivity index (χ4v) is 7.24. The molecule has 1 fully saturated rings. The van der Waals surface area contributed by atoms with Crippen LogP contribution in [0.3, 0.4) is 0 Å². The Morgan fingerprint density at radius 2 is 1.43 bits per heavy atom. The van der Waals surface area contributed by atoms with Crippen LogP contribution >= 0.6 is 0 Å². The molecule has 0 heterocycles. The van der Waals surface area contributed by atoms with Crippen LogP contribution in [0.2, 0.25) is 0 Å². The average molecular weight is 640 g/mol. The van der Waals surface area contributed by atoms with Crippen LogP contribution in [0.15, 0.2) is 114 Å². The van der Waals surface area contributed by atoms with Crippen LogP contribution in [0.25, 0.3) is 0 Å². The fraction of sp³-hybridized carbons (Fsp3) is 0.297. The van der Waals surface area contributed by atoms with E-state index in [2.05, 4.69) is 5.32 Å². The van der Waals surface area contributed by atoms with E-state index >= 15 is 0 Å². The molecule has 0 aliphatic heterocycles. The van der Waals surface area contributed by atoms with Crippen molar-refractivity contribution in [1.82, 2.24) is 10.2 Å². The molecular weight excluding hydrogens is 598 g/mol. The lowest BCUT2D eigenvalue weighted by Gasteiger charge is -2.34. The van der Waals surface area contributed by atoms with E-state index in [1.54, 1.807) is 47.4 Å². The van der Waals surface area contributed by atoms with E-state index in [1.165, 1.54) is 19.2 Å². The minimum Gasteiger partial charge on any atom is -0.497 e. The zero-order valence-electron chi connectivity index (χ0n) is 26.3. The van der Waals surface area contributed by atoms with Gasteiger partial charge in [0.2, 0.25) is 11.8 Å². The molecule has 1 aliphatic carbocycles. The number of benzene rings is 4. The number of nitrogens with one attached hydrogen (secondary N) is 1. The quantitative estimate of drug-likeness (QED) is 0.197. The molecule has 9 heteroatoms. The van der Waals surface area contributed by atoms with Gasteiger partial charge >= 0.3 is 0 Å².